The van der Waals surface area contributed by atoms with Crippen LogP contribution in [0.5, 0.6) is 0 Å². The predicted molar refractivity (Wildman–Crippen MR) is 162 cm³/mol. The first kappa shape index (κ1) is 28.4. The second-order valence-electron chi connectivity index (χ2n) is 10.6. The predicted octanol–water partition coefficient (Wildman–Crippen LogP) is 2.33. The Morgan fingerprint density at radius 3 is 2.43 bits per heavy atom. The van der Waals surface area contributed by atoms with Gasteiger partial charge >= 0.3 is 0 Å². The van der Waals surface area contributed by atoms with Crippen LogP contribution in [0.4, 0.5) is 11.8 Å². The van der Waals surface area contributed by atoms with Gasteiger partial charge in [0.2, 0.25) is 11.9 Å². The number of nitrogens with two attached hydrogens (primary N) is 1. The van der Waals surface area contributed by atoms with Crippen molar-refractivity contribution in [3.8, 4) is 17.3 Å². The highest BCUT2D eigenvalue weighted by atomic mass is 16.2. The minimum absolute atomic E-state index is 0.148. The molecule has 3 N–H and O–H groups in total. The fraction of sp³-hybridized carbons (Fsp3) is 0.290. The Hall–Kier alpha value is -5.08. The van der Waals surface area contributed by atoms with E-state index in [2.05, 4.69) is 43.2 Å². The van der Waals surface area contributed by atoms with Crippen molar-refractivity contribution >= 4 is 34.5 Å². The topological polar surface area (TPSA) is 144 Å². The van der Waals surface area contributed by atoms with Gasteiger partial charge in [-0.25, -0.2) is 4.98 Å². The fourth-order valence-electron chi connectivity index (χ4n) is 4.96. The maximum absolute atomic E-state index is 13.4. The van der Waals surface area contributed by atoms with Gasteiger partial charge in [-0.1, -0.05) is 24.3 Å². The Morgan fingerprint density at radius 1 is 1.05 bits per heavy atom. The molecule has 11 nitrogen and oxygen atoms in total. The van der Waals surface area contributed by atoms with Crippen molar-refractivity contribution in [1.29, 1.82) is 5.26 Å². The normalized spacial score (nSPS) is 14.3. The van der Waals surface area contributed by atoms with E-state index in [0.717, 1.165) is 54.2 Å². The van der Waals surface area contributed by atoms with E-state index in [0.29, 0.717) is 23.1 Å². The molecule has 2 aromatic carbocycles. The van der Waals surface area contributed by atoms with Crippen LogP contribution in [0.3, 0.4) is 0 Å². The zero-order chi connectivity index (χ0) is 29.8. The molecule has 5 rings (SSSR count). The Balaban J connectivity index is 1.35. The Labute approximate surface area is 244 Å². The molecule has 4 aromatic rings. The molecule has 0 saturated carbocycles. The van der Waals surface area contributed by atoms with Gasteiger partial charge in [0, 0.05) is 69.4 Å². The lowest BCUT2D eigenvalue weighted by atomic mass is 10.0. The van der Waals surface area contributed by atoms with E-state index in [-0.39, 0.29) is 17.8 Å². The first-order valence-corrected chi connectivity index (χ1v) is 13.7. The molecule has 1 fully saturated rings. The number of nitrogen functional groups attached to an aromatic ring is 1. The van der Waals surface area contributed by atoms with E-state index in [9.17, 15) is 9.59 Å². The highest BCUT2D eigenvalue weighted by Crippen LogP contribution is 2.27. The first-order chi connectivity index (χ1) is 20.2. The van der Waals surface area contributed by atoms with Crippen LogP contribution in [0.15, 0.2) is 60.8 Å². The third kappa shape index (κ3) is 6.29. The van der Waals surface area contributed by atoms with Crippen molar-refractivity contribution in [3.63, 3.8) is 0 Å². The summed E-state index contributed by atoms with van der Waals surface area (Å²) in [6.07, 6.45) is 1.84. The van der Waals surface area contributed by atoms with Gasteiger partial charge in [0.05, 0.1) is 16.8 Å². The summed E-state index contributed by atoms with van der Waals surface area (Å²) in [6, 6.07) is 17.7. The quantitative estimate of drug-likeness (QED) is 0.346. The van der Waals surface area contributed by atoms with Crippen molar-refractivity contribution < 1.29 is 9.59 Å². The molecule has 0 bridgehead atoms. The molecule has 1 aliphatic heterocycles. The molecule has 42 heavy (non-hydrogen) atoms. The van der Waals surface area contributed by atoms with Crippen molar-refractivity contribution in [2.45, 2.75) is 12.5 Å². The molecule has 1 unspecified atom stereocenters. The number of benzene rings is 2. The third-order valence-corrected chi connectivity index (χ3v) is 7.39. The molecule has 2 aromatic heterocycles. The van der Waals surface area contributed by atoms with E-state index in [1.54, 1.807) is 38.4 Å². The average molecular weight is 564 g/mol. The van der Waals surface area contributed by atoms with E-state index in [4.69, 9.17) is 11.0 Å². The maximum Gasteiger partial charge on any atom is 0.252 e. The van der Waals surface area contributed by atoms with Crippen molar-refractivity contribution in [3.05, 3.63) is 77.5 Å². The first-order valence-electron chi connectivity index (χ1n) is 13.7. The lowest BCUT2D eigenvalue weighted by molar-refractivity contribution is -0.130. The number of nitrogens with zero attached hydrogens (tertiary/aromatic N) is 7. The SMILES string of the molecule is CN1CCN(c2nc(N)nc3cc(C(=O)NC(Cc4ccc(-c5ccc(C#N)cn5)cc4)C(=O)N(C)C)ccc23)CC1. The highest BCUT2D eigenvalue weighted by molar-refractivity contribution is 6.02. The van der Waals surface area contributed by atoms with E-state index >= 15 is 0 Å². The summed E-state index contributed by atoms with van der Waals surface area (Å²) in [6.45, 7) is 3.48. The second-order valence-corrected chi connectivity index (χ2v) is 10.6. The molecule has 1 aliphatic rings. The van der Waals surface area contributed by atoms with Crippen LogP contribution < -0.4 is 16.0 Å². The Kier molecular flexibility index (Phi) is 8.26. The van der Waals surface area contributed by atoms with Crippen molar-refractivity contribution in [1.82, 2.24) is 30.1 Å². The van der Waals surface area contributed by atoms with Gasteiger partial charge < -0.3 is 25.8 Å². The van der Waals surface area contributed by atoms with Crippen LogP contribution in [0, 0.1) is 11.3 Å². The fourth-order valence-corrected chi connectivity index (χ4v) is 4.96. The van der Waals surface area contributed by atoms with Gasteiger partial charge in [0.15, 0.2) is 0 Å². The van der Waals surface area contributed by atoms with Gasteiger partial charge in [-0.3, -0.25) is 14.6 Å². The highest BCUT2D eigenvalue weighted by Gasteiger charge is 2.25. The summed E-state index contributed by atoms with van der Waals surface area (Å²) < 4.78 is 0. The molecule has 214 valence electrons. The minimum atomic E-state index is -0.779. The Morgan fingerprint density at radius 2 is 1.79 bits per heavy atom. The minimum Gasteiger partial charge on any atom is -0.368 e. The number of pyridine rings is 1. The molecule has 0 spiro atoms. The van der Waals surface area contributed by atoms with Crippen LogP contribution in [0.1, 0.15) is 21.5 Å². The maximum atomic E-state index is 13.4. The van der Waals surface area contributed by atoms with Crippen molar-refractivity contribution in [2.24, 2.45) is 0 Å². The van der Waals surface area contributed by atoms with E-state index in [1.807, 2.05) is 30.3 Å². The zero-order valence-electron chi connectivity index (χ0n) is 23.9. The number of fused-ring (bicyclic) bond motifs is 1. The number of hydrogen-bond acceptors (Lipinski definition) is 9. The monoisotopic (exact) mass is 563 g/mol. The molecular formula is C31H33N9O2. The lowest BCUT2D eigenvalue weighted by Crippen LogP contribution is -2.47. The van der Waals surface area contributed by atoms with Crippen LogP contribution >= 0.6 is 0 Å². The summed E-state index contributed by atoms with van der Waals surface area (Å²) >= 11 is 0. The molecule has 0 aliphatic carbocycles. The van der Waals surface area contributed by atoms with Crippen LogP contribution in [0.2, 0.25) is 0 Å². The number of hydrogen-bond donors (Lipinski definition) is 2. The summed E-state index contributed by atoms with van der Waals surface area (Å²) in [5, 5.41) is 12.7. The third-order valence-electron chi connectivity index (χ3n) is 7.39. The standard InChI is InChI=1S/C31H33N9O2/c1-38(2)30(42)27(16-20-4-7-22(8-5-20)25-11-6-21(18-32)19-34-25)35-29(41)23-9-10-24-26(17-23)36-31(33)37-28(24)40-14-12-39(3)13-15-40/h4-11,17,19,27H,12-16H2,1-3H3,(H,35,41)(H2,33,36,37). The summed E-state index contributed by atoms with van der Waals surface area (Å²) in [5.41, 5.74) is 10.0. The number of amides is 2. The van der Waals surface area contributed by atoms with Crippen LogP contribution in [-0.2, 0) is 11.2 Å². The molecule has 0 radical (unpaired) electrons. The van der Waals surface area contributed by atoms with Gasteiger partial charge in [0.1, 0.15) is 17.9 Å². The Bertz CT molecular complexity index is 1640. The number of nitrogens with one attached hydrogen (secondary N) is 1. The number of aromatic nitrogens is 3. The van der Waals surface area contributed by atoms with E-state index < -0.39 is 6.04 Å². The number of anilines is 2. The molecule has 3 heterocycles. The summed E-state index contributed by atoms with van der Waals surface area (Å²) in [5.74, 6) is 0.312. The average Bonchev–Trinajstić information content (AvgIpc) is 3.00. The smallest absolute Gasteiger partial charge is 0.252 e. The number of rotatable bonds is 7. The molecular weight excluding hydrogens is 530 g/mol. The van der Waals surface area contributed by atoms with Gasteiger partial charge in [-0.15, -0.1) is 0 Å². The largest absolute Gasteiger partial charge is 0.368 e. The van der Waals surface area contributed by atoms with Crippen LogP contribution in [-0.4, -0.2) is 89.9 Å². The number of piperazine rings is 1. The van der Waals surface area contributed by atoms with Crippen molar-refractivity contribution in [2.75, 3.05) is 58.0 Å². The molecule has 11 heteroatoms. The molecule has 1 atom stereocenters. The summed E-state index contributed by atoms with van der Waals surface area (Å²) in [4.78, 5) is 45.7. The second kappa shape index (κ2) is 12.2. The van der Waals surface area contributed by atoms with Gasteiger partial charge in [-0.05, 0) is 42.9 Å². The van der Waals surface area contributed by atoms with E-state index in [1.165, 1.54) is 11.1 Å². The number of likely N-dealkylation sites (N-methyl/N-ethyl adjacent to an activating group) is 2. The molecule has 2 amide bonds. The summed E-state index contributed by atoms with van der Waals surface area (Å²) in [7, 11) is 5.42. The van der Waals surface area contributed by atoms with Gasteiger partial charge in [0.25, 0.3) is 5.91 Å². The molecule has 1 saturated heterocycles. The van der Waals surface area contributed by atoms with Gasteiger partial charge in [-0.2, -0.15) is 10.2 Å². The number of carbonyl (C=O) groups is 2. The van der Waals surface area contributed by atoms with Crippen LogP contribution in [0.25, 0.3) is 22.2 Å². The lowest BCUT2D eigenvalue weighted by Gasteiger charge is -2.33. The number of carbonyl (C=O) groups excluding carboxylic acids is 2. The number of nitriles is 1. The zero-order valence-corrected chi connectivity index (χ0v) is 23.9.